The van der Waals surface area contributed by atoms with Crippen LogP contribution in [0.15, 0.2) is 18.2 Å². The van der Waals surface area contributed by atoms with E-state index in [9.17, 15) is 14.4 Å². The van der Waals surface area contributed by atoms with Crippen molar-refractivity contribution in [2.75, 3.05) is 18.5 Å². The molecule has 0 radical (unpaired) electrons. The van der Waals surface area contributed by atoms with E-state index in [0.29, 0.717) is 10.7 Å². The third kappa shape index (κ3) is 6.21. The summed E-state index contributed by atoms with van der Waals surface area (Å²) in [6.45, 7) is -0.721. The largest absolute Gasteiger partial charge is 0.454 e. The number of halogens is 2. The number of carbonyl (C=O) groups excluding carboxylic acids is 3. The molecule has 25 heavy (non-hydrogen) atoms. The van der Waals surface area contributed by atoms with Crippen LogP contribution in [0, 0.1) is 5.92 Å². The van der Waals surface area contributed by atoms with Gasteiger partial charge in [-0.2, -0.15) is 0 Å². The molecule has 1 aliphatic rings. The average molecular weight is 387 g/mol. The molecule has 1 fully saturated rings. The molecular formula is C17H20Cl2N2O4. The zero-order valence-corrected chi connectivity index (χ0v) is 15.2. The number of benzene rings is 1. The molecule has 6 nitrogen and oxygen atoms in total. The molecule has 2 N–H and O–H groups in total. The van der Waals surface area contributed by atoms with Crippen molar-refractivity contribution in [3.63, 3.8) is 0 Å². The zero-order valence-electron chi connectivity index (χ0n) is 13.6. The van der Waals surface area contributed by atoms with Gasteiger partial charge in [-0.15, -0.1) is 0 Å². The molecule has 1 aliphatic carbocycles. The molecule has 0 unspecified atom stereocenters. The predicted octanol–water partition coefficient (Wildman–Crippen LogP) is 3.17. The first-order chi connectivity index (χ1) is 12.0. The topological polar surface area (TPSA) is 84.5 Å². The van der Waals surface area contributed by atoms with Crippen molar-refractivity contribution in [1.29, 1.82) is 0 Å². The van der Waals surface area contributed by atoms with E-state index >= 15 is 0 Å². The van der Waals surface area contributed by atoms with E-state index in [1.807, 2.05) is 0 Å². The summed E-state index contributed by atoms with van der Waals surface area (Å²) in [6, 6.07) is 4.81. The maximum absolute atomic E-state index is 11.9. The van der Waals surface area contributed by atoms with Crippen LogP contribution in [0.5, 0.6) is 0 Å². The summed E-state index contributed by atoms with van der Waals surface area (Å²) in [5, 5.41) is 5.58. The highest BCUT2D eigenvalue weighted by molar-refractivity contribution is 6.44. The molecule has 2 amide bonds. The zero-order chi connectivity index (χ0) is 18.2. The van der Waals surface area contributed by atoms with Crippen LogP contribution >= 0.6 is 23.2 Å². The maximum Gasteiger partial charge on any atom is 0.325 e. The lowest BCUT2D eigenvalue weighted by atomic mass is 9.89. The molecule has 8 heteroatoms. The Morgan fingerprint density at radius 3 is 2.56 bits per heavy atom. The monoisotopic (exact) mass is 386 g/mol. The summed E-state index contributed by atoms with van der Waals surface area (Å²) >= 11 is 11.8. The summed E-state index contributed by atoms with van der Waals surface area (Å²) in [4.78, 5) is 35.4. The van der Waals surface area contributed by atoms with Crippen LogP contribution in [-0.4, -0.2) is 30.9 Å². The van der Waals surface area contributed by atoms with Gasteiger partial charge in [0.25, 0.3) is 5.91 Å². The van der Waals surface area contributed by atoms with Crippen LogP contribution in [-0.2, 0) is 19.1 Å². The van der Waals surface area contributed by atoms with Gasteiger partial charge < -0.3 is 15.4 Å². The van der Waals surface area contributed by atoms with Crippen molar-refractivity contribution in [3.05, 3.63) is 28.2 Å². The Bertz CT molecular complexity index is 646. The molecule has 0 heterocycles. The number of esters is 1. The van der Waals surface area contributed by atoms with E-state index in [2.05, 4.69) is 10.6 Å². The van der Waals surface area contributed by atoms with Gasteiger partial charge in [0.2, 0.25) is 5.91 Å². The lowest BCUT2D eigenvalue weighted by Gasteiger charge is -2.20. The Labute approximate surface area is 156 Å². The van der Waals surface area contributed by atoms with E-state index < -0.39 is 18.5 Å². The lowest BCUT2D eigenvalue weighted by Crippen LogP contribution is -2.36. The molecule has 1 aromatic carbocycles. The SMILES string of the molecule is O=C(COC(=O)CNC(=O)C1CCCCC1)Nc1cccc(Cl)c1Cl. The lowest BCUT2D eigenvalue weighted by molar-refractivity contribution is -0.147. The Balaban J connectivity index is 1.69. The molecule has 0 aliphatic heterocycles. The summed E-state index contributed by atoms with van der Waals surface area (Å²) in [7, 11) is 0. The highest BCUT2D eigenvalue weighted by atomic mass is 35.5. The van der Waals surface area contributed by atoms with E-state index in [4.69, 9.17) is 27.9 Å². The van der Waals surface area contributed by atoms with Gasteiger partial charge in [0.1, 0.15) is 6.54 Å². The van der Waals surface area contributed by atoms with Gasteiger partial charge in [-0.1, -0.05) is 48.5 Å². The van der Waals surface area contributed by atoms with Crippen molar-refractivity contribution in [2.24, 2.45) is 5.92 Å². The number of carbonyl (C=O) groups is 3. The first-order valence-corrected chi connectivity index (χ1v) is 8.90. The van der Waals surface area contributed by atoms with Gasteiger partial charge in [0.15, 0.2) is 6.61 Å². The Kier molecular flexibility index (Phi) is 7.52. The van der Waals surface area contributed by atoms with Crippen LogP contribution < -0.4 is 10.6 Å². The quantitative estimate of drug-likeness (QED) is 0.735. The molecule has 136 valence electrons. The molecule has 1 saturated carbocycles. The number of hydrogen-bond acceptors (Lipinski definition) is 4. The van der Waals surface area contributed by atoms with Gasteiger partial charge in [-0.3, -0.25) is 14.4 Å². The van der Waals surface area contributed by atoms with Crippen molar-refractivity contribution < 1.29 is 19.1 Å². The fourth-order valence-electron chi connectivity index (χ4n) is 2.65. The molecular weight excluding hydrogens is 367 g/mol. The highest BCUT2D eigenvalue weighted by Gasteiger charge is 2.21. The van der Waals surface area contributed by atoms with Crippen LogP contribution in [0.1, 0.15) is 32.1 Å². The summed E-state index contributed by atoms with van der Waals surface area (Å²) in [5.41, 5.74) is 0.334. The van der Waals surface area contributed by atoms with E-state index in [0.717, 1.165) is 32.1 Å². The predicted molar refractivity (Wildman–Crippen MR) is 95.6 cm³/mol. The van der Waals surface area contributed by atoms with Crippen molar-refractivity contribution in [1.82, 2.24) is 5.32 Å². The molecule has 2 rings (SSSR count). The van der Waals surface area contributed by atoms with Crippen LogP contribution in [0.25, 0.3) is 0 Å². The minimum absolute atomic E-state index is 0.0326. The van der Waals surface area contributed by atoms with Crippen LogP contribution in [0.2, 0.25) is 10.0 Å². The Morgan fingerprint density at radius 2 is 1.84 bits per heavy atom. The summed E-state index contributed by atoms with van der Waals surface area (Å²) in [5.74, 6) is -1.38. The minimum atomic E-state index is -0.670. The normalized spacial score (nSPS) is 14.6. The van der Waals surface area contributed by atoms with Gasteiger partial charge in [0, 0.05) is 5.92 Å². The third-order valence-corrected chi connectivity index (χ3v) is 4.79. The second kappa shape index (κ2) is 9.63. The molecule has 0 atom stereocenters. The van der Waals surface area contributed by atoms with Crippen molar-refractivity contribution in [2.45, 2.75) is 32.1 Å². The number of amides is 2. The number of anilines is 1. The number of ether oxygens (including phenoxy) is 1. The summed E-state index contributed by atoms with van der Waals surface area (Å²) in [6.07, 6.45) is 4.93. The number of nitrogens with one attached hydrogen (secondary N) is 2. The standard InChI is InChI=1S/C17H20Cl2N2O4/c18-12-7-4-8-13(16(12)19)21-14(22)10-25-15(23)9-20-17(24)11-5-2-1-3-6-11/h4,7-8,11H,1-3,5-6,9-10H2,(H,20,24)(H,21,22). The van der Waals surface area contributed by atoms with Gasteiger partial charge in [-0.25, -0.2) is 0 Å². The van der Waals surface area contributed by atoms with Gasteiger partial charge >= 0.3 is 5.97 Å². The second-order valence-corrected chi connectivity index (χ2v) is 6.65. The van der Waals surface area contributed by atoms with Crippen molar-refractivity contribution in [3.8, 4) is 0 Å². The first-order valence-electron chi connectivity index (χ1n) is 8.14. The Hall–Kier alpha value is -1.79. The molecule has 1 aromatic rings. The molecule has 0 spiro atoms. The molecule has 0 bridgehead atoms. The highest BCUT2D eigenvalue weighted by Crippen LogP contribution is 2.29. The average Bonchev–Trinajstić information content (AvgIpc) is 2.62. The first kappa shape index (κ1) is 19.5. The molecule has 0 saturated heterocycles. The van der Waals surface area contributed by atoms with Crippen LogP contribution in [0.4, 0.5) is 5.69 Å². The van der Waals surface area contributed by atoms with E-state index in [1.54, 1.807) is 18.2 Å². The second-order valence-electron chi connectivity index (χ2n) is 5.86. The maximum atomic E-state index is 11.9. The van der Waals surface area contributed by atoms with Crippen molar-refractivity contribution >= 4 is 46.7 Å². The summed E-state index contributed by atoms with van der Waals surface area (Å²) < 4.78 is 4.84. The number of hydrogen-bond donors (Lipinski definition) is 2. The van der Waals surface area contributed by atoms with E-state index in [1.165, 1.54) is 0 Å². The fraction of sp³-hybridized carbons (Fsp3) is 0.471. The fourth-order valence-corrected chi connectivity index (χ4v) is 3.00. The number of rotatable bonds is 6. The Morgan fingerprint density at radius 1 is 1.12 bits per heavy atom. The minimum Gasteiger partial charge on any atom is -0.454 e. The van der Waals surface area contributed by atoms with Gasteiger partial charge in [0.05, 0.1) is 15.7 Å². The van der Waals surface area contributed by atoms with Gasteiger partial charge in [-0.05, 0) is 25.0 Å². The smallest absolute Gasteiger partial charge is 0.325 e. The third-order valence-electron chi connectivity index (χ3n) is 3.97. The van der Waals surface area contributed by atoms with Crippen LogP contribution in [0.3, 0.4) is 0 Å². The molecule has 0 aromatic heterocycles. The van der Waals surface area contributed by atoms with E-state index in [-0.39, 0.29) is 23.4 Å².